The average molecular weight is 220 g/mol. The molecule has 3 heteroatoms. The molecule has 0 aliphatic carbocycles. The number of carbonyl (C=O) groups is 1. The van der Waals surface area contributed by atoms with Gasteiger partial charge in [0.05, 0.1) is 6.61 Å². The van der Waals surface area contributed by atoms with Gasteiger partial charge in [-0.3, -0.25) is 4.79 Å². The molecule has 0 atom stereocenters. The predicted octanol–water partition coefficient (Wildman–Crippen LogP) is 2.82. The quantitative estimate of drug-likeness (QED) is 0.546. The zero-order valence-electron chi connectivity index (χ0n) is 9.66. The van der Waals surface area contributed by atoms with Crippen LogP contribution >= 0.6 is 0 Å². The summed E-state index contributed by atoms with van der Waals surface area (Å²) in [6.45, 7) is 8.05. The summed E-state index contributed by atoms with van der Waals surface area (Å²) in [5, 5.41) is 0. The second-order valence-corrected chi connectivity index (χ2v) is 3.34. The van der Waals surface area contributed by atoms with Crippen molar-refractivity contribution in [1.82, 2.24) is 0 Å². The van der Waals surface area contributed by atoms with E-state index in [2.05, 4.69) is 6.58 Å². The second-order valence-electron chi connectivity index (χ2n) is 3.34. The van der Waals surface area contributed by atoms with E-state index < -0.39 is 0 Å². The number of ketones is 1. The molecule has 0 aliphatic rings. The highest BCUT2D eigenvalue weighted by Crippen LogP contribution is 2.13. The molecule has 0 spiro atoms. The van der Waals surface area contributed by atoms with Gasteiger partial charge in [-0.1, -0.05) is 6.58 Å². The maximum atomic E-state index is 11.0. The lowest BCUT2D eigenvalue weighted by Crippen LogP contribution is -2.03. The Bertz CT molecular complexity index is 365. The van der Waals surface area contributed by atoms with Gasteiger partial charge in [0.2, 0.25) is 0 Å². The van der Waals surface area contributed by atoms with Crippen LogP contribution in [-0.2, 0) is 4.74 Å². The van der Waals surface area contributed by atoms with E-state index in [0.717, 1.165) is 0 Å². The van der Waals surface area contributed by atoms with Crippen LogP contribution < -0.4 is 4.74 Å². The number of hydrogen-bond donors (Lipinski definition) is 0. The van der Waals surface area contributed by atoms with Gasteiger partial charge >= 0.3 is 0 Å². The maximum Gasteiger partial charge on any atom is 0.159 e. The molecule has 0 fully saturated rings. The molecule has 1 aromatic carbocycles. The third-order valence-corrected chi connectivity index (χ3v) is 2.01. The minimum Gasteiger partial charge on any atom is -0.495 e. The van der Waals surface area contributed by atoms with Crippen molar-refractivity contribution in [3.05, 3.63) is 42.2 Å². The van der Waals surface area contributed by atoms with Crippen LogP contribution in [0.2, 0.25) is 0 Å². The van der Waals surface area contributed by atoms with Crippen molar-refractivity contribution in [2.75, 3.05) is 13.2 Å². The van der Waals surface area contributed by atoms with Crippen LogP contribution in [0, 0.1) is 0 Å². The van der Waals surface area contributed by atoms with Crippen LogP contribution in [-0.4, -0.2) is 19.0 Å². The van der Waals surface area contributed by atoms with Gasteiger partial charge in [-0.05, 0) is 38.1 Å². The Morgan fingerprint density at radius 1 is 1.31 bits per heavy atom. The van der Waals surface area contributed by atoms with Crippen LogP contribution in [0.5, 0.6) is 5.75 Å². The first-order valence-corrected chi connectivity index (χ1v) is 5.18. The van der Waals surface area contributed by atoms with E-state index in [9.17, 15) is 4.79 Å². The number of hydrogen-bond acceptors (Lipinski definition) is 3. The lowest BCUT2D eigenvalue weighted by molar-refractivity contribution is 0.101. The molecule has 0 aliphatic heterocycles. The highest BCUT2D eigenvalue weighted by atomic mass is 16.5. The van der Waals surface area contributed by atoms with Gasteiger partial charge in [0.15, 0.2) is 5.78 Å². The van der Waals surface area contributed by atoms with Crippen LogP contribution in [0.1, 0.15) is 24.2 Å². The van der Waals surface area contributed by atoms with Crippen molar-refractivity contribution in [2.24, 2.45) is 0 Å². The summed E-state index contributed by atoms with van der Waals surface area (Å²) in [4.78, 5) is 11.0. The van der Waals surface area contributed by atoms with E-state index in [4.69, 9.17) is 9.47 Å². The first-order valence-electron chi connectivity index (χ1n) is 5.18. The third-order valence-electron chi connectivity index (χ3n) is 2.01. The molecule has 0 aromatic heterocycles. The summed E-state index contributed by atoms with van der Waals surface area (Å²) in [5.74, 6) is 1.34. The zero-order valence-corrected chi connectivity index (χ0v) is 9.66. The van der Waals surface area contributed by atoms with Gasteiger partial charge < -0.3 is 9.47 Å². The molecule has 3 nitrogen and oxygen atoms in total. The molecule has 1 rings (SSSR count). The minimum absolute atomic E-state index is 0.0466. The largest absolute Gasteiger partial charge is 0.495 e. The molecule has 0 N–H and O–H groups in total. The molecule has 0 heterocycles. The molecule has 0 saturated heterocycles. The number of rotatable bonds is 6. The summed E-state index contributed by atoms with van der Waals surface area (Å²) in [5.41, 5.74) is 0.677. The summed E-state index contributed by atoms with van der Waals surface area (Å²) < 4.78 is 10.6. The SMILES string of the molecule is C=C(COc1ccc(C(C)=O)cc1)OCC. The monoisotopic (exact) mass is 220 g/mol. The Morgan fingerprint density at radius 2 is 1.94 bits per heavy atom. The fourth-order valence-corrected chi connectivity index (χ4v) is 1.20. The molecule has 0 unspecified atom stereocenters. The lowest BCUT2D eigenvalue weighted by atomic mass is 10.1. The fourth-order valence-electron chi connectivity index (χ4n) is 1.20. The normalized spacial score (nSPS) is 9.62. The van der Waals surface area contributed by atoms with Gasteiger partial charge in [-0.25, -0.2) is 0 Å². The molecule has 0 radical (unpaired) electrons. The summed E-state index contributed by atoms with van der Waals surface area (Å²) in [6.07, 6.45) is 0. The number of ether oxygens (including phenoxy) is 2. The van der Waals surface area contributed by atoms with Crippen molar-refractivity contribution in [3.63, 3.8) is 0 Å². The van der Waals surface area contributed by atoms with Crippen molar-refractivity contribution in [1.29, 1.82) is 0 Å². The Labute approximate surface area is 95.7 Å². The maximum absolute atomic E-state index is 11.0. The molecule has 1 aromatic rings. The van der Waals surface area contributed by atoms with Crippen LogP contribution in [0.3, 0.4) is 0 Å². The van der Waals surface area contributed by atoms with E-state index >= 15 is 0 Å². The van der Waals surface area contributed by atoms with Crippen LogP contribution in [0.25, 0.3) is 0 Å². The van der Waals surface area contributed by atoms with E-state index in [1.807, 2.05) is 6.92 Å². The van der Waals surface area contributed by atoms with E-state index in [1.54, 1.807) is 24.3 Å². The Morgan fingerprint density at radius 3 is 2.44 bits per heavy atom. The van der Waals surface area contributed by atoms with Crippen molar-refractivity contribution < 1.29 is 14.3 Å². The molecule has 86 valence electrons. The standard InChI is InChI=1S/C13H16O3/c1-4-15-10(2)9-16-13-7-5-12(6-8-13)11(3)14/h5-8H,2,4,9H2,1,3H3. The molecule has 0 saturated carbocycles. The highest BCUT2D eigenvalue weighted by molar-refractivity contribution is 5.94. The third kappa shape index (κ3) is 3.77. The van der Waals surface area contributed by atoms with Crippen molar-refractivity contribution in [3.8, 4) is 5.75 Å². The van der Waals surface area contributed by atoms with Gasteiger partial charge in [-0.15, -0.1) is 0 Å². The topological polar surface area (TPSA) is 35.5 Å². The van der Waals surface area contributed by atoms with Gasteiger partial charge in [0, 0.05) is 5.56 Å². The zero-order chi connectivity index (χ0) is 12.0. The number of benzene rings is 1. The molecule has 0 amide bonds. The second kappa shape index (κ2) is 5.95. The summed E-state index contributed by atoms with van der Waals surface area (Å²) in [7, 11) is 0. The predicted molar refractivity (Wildman–Crippen MR) is 62.7 cm³/mol. The van der Waals surface area contributed by atoms with Crippen molar-refractivity contribution in [2.45, 2.75) is 13.8 Å². The van der Waals surface area contributed by atoms with Gasteiger partial charge in [0.1, 0.15) is 18.1 Å². The summed E-state index contributed by atoms with van der Waals surface area (Å²) in [6, 6.07) is 6.99. The fraction of sp³-hybridized carbons (Fsp3) is 0.308. The molecule has 0 bridgehead atoms. The molecular formula is C13H16O3. The first-order chi connectivity index (χ1) is 7.63. The highest BCUT2D eigenvalue weighted by Gasteiger charge is 2.00. The Kier molecular flexibility index (Phi) is 4.58. The number of Topliss-reactive ketones (excluding diaryl/α,β-unsaturated/α-hetero) is 1. The lowest BCUT2D eigenvalue weighted by Gasteiger charge is -2.09. The van der Waals surface area contributed by atoms with Crippen LogP contribution in [0.4, 0.5) is 0 Å². The van der Waals surface area contributed by atoms with E-state index in [-0.39, 0.29) is 5.78 Å². The van der Waals surface area contributed by atoms with Crippen molar-refractivity contribution >= 4 is 5.78 Å². The average Bonchev–Trinajstić information content (AvgIpc) is 2.27. The first kappa shape index (κ1) is 12.3. The van der Waals surface area contributed by atoms with E-state index in [1.165, 1.54) is 6.92 Å². The van der Waals surface area contributed by atoms with Gasteiger partial charge in [0.25, 0.3) is 0 Å². The molecule has 16 heavy (non-hydrogen) atoms. The summed E-state index contributed by atoms with van der Waals surface area (Å²) >= 11 is 0. The minimum atomic E-state index is 0.0466. The van der Waals surface area contributed by atoms with E-state index in [0.29, 0.717) is 30.3 Å². The Hall–Kier alpha value is -1.77. The smallest absolute Gasteiger partial charge is 0.159 e. The number of carbonyl (C=O) groups excluding carboxylic acids is 1. The Balaban J connectivity index is 2.49. The van der Waals surface area contributed by atoms with Gasteiger partial charge in [-0.2, -0.15) is 0 Å². The molecular weight excluding hydrogens is 204 g/mol. The van der Waals surface area contributed by atoms with Crippen LogP contribution in [0.15, 0.2) is 36.6 Å².